The second-order valence-electron chi connectivity index (χ2n) is 1.98. The van der Waals surface area contributed by atoms with Crippen LogP contribution in [0.15, 0.2) is 0 Å². The van der Waals surface area contributed by atoms with Gasteiger partial charge in [-0.2, -0.15) is 0 Å². The molecule has 0 aromatic carbocycles. The maximum absolute atomic E-state index is 5.43. The van der Waals surface area contributed by atoms with Crippen molar-refractivity contribution < 1.29 is 18.4 Å². The maximum atomic E-state index is 5.43. The topological polar surface area (TPSA) is 36.9 Å². The first-order chi connectivity index (χ1) is 5.43. The van der Waals surface area contributed by atoms with Gasteiger partial charge in [0.1, 0.15) is 0 Å². The van der Waals surface area contributed by atoms with Gasteiger partial charge < -0.3 is 18.4 Å². The van der Waals surface area contributed by atoms with Gasteiger partial charge in [0.15, 0.2) is 0 Å². The quantitative estimate of drug-likeness (QED) is 0.319. The third-order valence-corrected chi connectivity index (χ3v) is 1.37. The number of rotatable bonds is 4. The molecule has 1 heterocycles. The monoisotopic (exact) mass is 176 g/mol. The molecule has 1 fully saturated rings. The average Bonchev–Trinajstić information content (AvgIpc) is 2.07. The Kier molecular flexibility index (Phi) is 5.06. The lowest BCUT2D eigenvalue weighted by Gasteiger charge is -2.17. The zero-order valence-electron chi connectivity index (χ0n) is 6.12. The zero-order chi connectivity index (χ0) is 7.94. The molecule has 0 saturated carbocycles. The minimum absolute atomic E-state index is 0.228. The number of halogens is 1. The van der Waals surface area contributed by atoms with Crippen molar-refractivity contribution in [3.8, 4) is 0 Å². The molecule has 0 amide bonds. The van der Waals surface area contributed by atoms with E-state index >= 15 is 0 Å². The summed E-state index contributed by atoms with van der Waals surface area (Å²) in [5.41, 5.74) is 0. The van der Waals surface area contributed by atoms with Gasteiger partial charge in [0.2, 0.25) is 0 Å². The summed E-state index contributed by atoms with van der Waals surface area (Å²) >= 11 is 5.43. The molecule has 4 nitrogen and oxygen atoms in total. The molecular weight excluding hydrogens is 168 g/mol. The van der Waals surface area contributed by atoms with Crippen molar-refractivity contribution >= 4 is 34.3 Å². The fraction of sp³-hybridized carbons (Fsp3) is 1.00. The van der Waals surface area contributed by atoms with E-state index in [1.165, 1.54) is 0 Å². The van der Waals surface area contributed by atoms with Crippen LogP contribution < -0.4 is 0 Å². The predicted molar refractivity (Wildman–Crippen MR) is 44.6 cm³/mol. The minimum atomic E-state index is -0.577. The van der Waals surface area contributed by atoms with Gasteiger partial charge in [0, 0.05) is 12.5 Å². The van der Waals surface area contributed by atoms with Gasteiger partial charge in [-0.05, 0) is 6.42 Å². The normalized spacial score (nSPS) is 17.4. The molecule has 8 heteroatoms. The van der Waals surface area contributed by atoms with E-state index in [-0.39, 0.29) is 15.4 Å². The molecule has 11 heavy (non-hydrogen) atoms. The molecule has 1 aliphatic heterocycles. The van der Waals surface area contributed by atoms with Crippen LogP contribution in [-0.2, 0) is 18.4 Å². The third-order valence-electron chi connectivity index (χ3n) is 1.11. The van der Waals surface area contributed by atoms with Crippen LogP contribution in [0.4, 0.5) is 0 Å². The highest BCUT2D eigenvalue weighted by molar-refractivity contribution is 6.57. The van der Waals surface area contributed by atoms with Crippen LogP contribution in [0.1, 0.15) is 6.42 Å². The SMILES string of the molecule is ClCCCOB1OBOBO1. The first-order valence-corrected chi connectivity index (χ1v) is 3.95. The van der Waals surface area contributed by atoms with Crippen molar-refractivity contribution in [1.82, 2.24) is 0 Å². The van der Waals surface area contributed by atoms with Crippen LogP contribution in [0.25, 0.3) is 0 Å². The number of hydrogen-bond acceptors (Lipinski definition) is 4. The minimum Gasteiger partial charge on any atom is -0.458 e. The number of hydrogen-bond donors (Lipinski definition) is 0. The molecule has 0 atom stereocenters. The van der Waals surface area contributed by atoms with Gasteiger partial charge >= 0.3 is 22.7 Å². The average molecular weight is 176 g/mol. The highest BCUT2D eigenvalue weighted by Gasteiger charge is 2.25. The maximum Gasteiger partial charge on any atom is 0.611 e. The van der Waals surface area contributed by atoms with Crippen molar-refractivity contribution in [1.29, 1.82) is 0 Å². The van der Waals surface area contributed by atoms with Crippen LogP contribution in [0, 0.1) is 0 Å². The van der Waals surface area contributed by atoms with Crippen molar-refractivity contribution in [2.75, 3.05) is 12.5 Å². The van der Waals surface area contributed by atoms with Gasteiger partial charge in [-0.3, -0.25) is 0 Å². The molecule has 60 valence electrons. The molecule has 0 bridgehead atoms. The Hall–Kier alpha value is 0.325. The second-order valence-corrected chi connectivity index (χ2v) is 2.35. The first kappa shape index (κ1) is 9.41. The Balaban J connectivity index is 1.96. The number of alkyl halides is 1. The van der Waals surface area contributed by atoms with Crippen molar-refractivity contribution in [2.24, 2.45) is 0 Å². The molecule has 0 aliphatic carbocycles. The summed E-state index contributed by atoms with van der Waals surface area (Å²) in [7, 11) is -0.121. The zero-order valence-corrected chi connectivity index (χ0v) is 6.88. The van der Waals surface area contributed by atoms with E-state index in [9.17, 15) is 0 Å². The predicted octanol–water partition coefficient (Wildman–Crippen LogP) is -0.787. The highest BCUT2D eigenvalue weighted by atomic mass is 35.5. The third kappa shape index (κ3) is 4.03. The molecular formula is C3H8B3ClO4. The molecule has 1 rings (SSSR count). The van der Waals surface area contributed by atoms with E-state index in [0.717, 1.165) is 6.42 Å². The van der Waals surface area contributed by atoms with E-state index in [0.29, 0.717) is 12.5 Å². The van der Waals surface area contributed by atoms with Gasteiger partial charge in [-0.15, -0.1) is 11.6 Å². The van der Waals surface area contributed by atoms with Crippen LogP contribution in [0.3, 0.4) is 0 Å². The Morgan fingerprint density at radius 2 is 2.09 bits per heavy atom. The van der Waals surface area contributed by atoms with Crippen molar-refractivity contribution in [3.05, 3.63) is 0 Å². The molecule has 1 saturated heterocycles. The van der Waals surface area contributed by atoms with E-state index in [1.54, 1.807) is 0 Å². The lowest BCUT2D eigenvalue weighted by atomic mass is 10.1. The molecule has 1 aliphatic rings. The molecule has 0 unspecified atom stereocenters. The van der Waals surface area contributed by atoms with Crippen LogP contribution in [-0.4, -0.2) is 35.2 Å². The van der Waals surface area contributed by atoms with Crippen molar-refractivity contribution in [3.63, 3.8) is 0 Å². The molecule has 0 radical (unpaired) electrons. The summed E-state index contributed by atoms with van der Waals surface area (Å²) in [5, 5.41) is 0. The van der Waals surface area contributed by atoms with Crippen LogP contribution in [0.5, 0.6) is 0 Å². The van der Waals surface area contributed by atoms with E-state index in [2.05, 4.69) is 0 Å². The lowest BCUT2D eigenvalue weighted by Crippen LogP contribution is -2.37. The summed E-state index contributed by atoms with van der Waals surface area (Å²) in [5.74, 6) is 0.587. The standard InChI is InChI=1S/C3H8B3ClO4/c7-2-1-3-8-6-10-4-9-5-11-6/h4-5H,1-3H2. The highest BCUT2D eigenvalue weighted by Crippen LogP contribution is 1.97. The molecule has 0 aromatic rings. The fourth-order valence-corrected chi connectivity index (χ4v) is 0.729. The van der Waals surface area contributed by atoms with E-state index in [4.69, 9.17) is 30.0 Å². The van der Waals surface area contributed by atoms with Crippen LogP contribution >= 0.6 is 11.6 Å². The second kappa shape index (κ2) is 5.91. The summed E-state index contributed by atoms with van der Waals surface area (Å²) in [4.78, 5) is 0. The summed E-state index contributed by atoms with van der Waals surface area (Å²) in [6.07, 6.45) is 0.797. The van der Waals surface area contributed by atoms with Crippen LogP contribution in [0.2, 0.25) is 0 Å². The Labute approximate surface area is 72.3 Å². The summed E-state index contributed by atoms with van der Waals surface area (Å²) < 4.78 is 19.7. The summed E-state index contributed by atoms with van der Waals surface area (Å²) in [6.45, 7) is 0.550. The van der Waals surface area contributed by atoms with Gasteiger partial charge in [0.05, 0.1) is 0 Å². The summed E-state index contributed by atoms with van der Waals surface area (Å²) in [6, 6.07) is 0. The molecule has 0 spiro atoms. The lowest BCUT2D eigenvalue weighted by molar-refractivity contribution is 0.174. The van der Waals surface area contributed by atoms with Crippen molar-refractivity contribution in [2.45, 2.75) is 6.42 Å². The Bertz CT molecular complexity index is 101. The van der Waals surface area contributed by atoms with E-state index in [1.807, 2.05) is 0 Å². The Morgan fingerprint density at radius 1 is 1.36 bits per heavy atom. The van der Waals surface area contributed by atoms with E-state index < -0.39 is 7.32 Å². The Morgan fingerprint density at radius 3 is 2.73 bits per heavy atom. The fourth-order valence-electron chi connectivity index (χ4n) is 0.620. The van der Waals surface area contributed by atoms with Gasteiger partial charge in [-0.25, -0.2) is 0 Å². The molecule has 0 N–H and O–H groups in total. The van der Waals surface area contributed by atoms with Gasteiger partial charge in [0.25, 0.3) is 0 Å². The van der Waals surface area contributed by atoms with Gasteiger partial charge in [-0.1, -0.05) is 0 Å². The first-order valence-electron chi connectivity index (χ1n) is 3.42. The largest absolute Gasteiger partial charge is 0.611 e. The smallest absolute Gasteiger partial charge is 0.458 e. The molecule has 0 aromatic heterocycles.